The Morgan fingerprint density at radius 3 is 0.991 bits per heavy atom. The zero-order chi connectivity index (χ0) is 83.6. The van der Waals surface area contributed by atoms with Crippen molar-refractivity contribution in [2.24, 2.45) is 189 Å². The van der Waals surface area contributed by atoms with Gasteiger partial charge in [-0.3, -0.25) is 0 Å². The van der Waals surface area contributed by atoms with Crippen molar-refractivity contribution in [3.8, 4) is 0 Å². The minimum absolute atomic E-state index is 0.547. The number of hydrogen-bond donors (Lipinski definition) is 0. The van der Waals surface area contributed by atoms with E-state index in [1.165, 1.54) is 218 Å². The average molecular weight is 1530 g/mol. The molecule has 0 amide bonds. The lowest BCUT2D eigenvalue weighted by molar-refractivity contribution is 0.0202. The van der Waals surface area contributed by atoms with Gasteiger partial charge in [0.1, 0.15) is 0 Å². The van der Waals surface area contributed by atoms with Gasteiger partial charge in [0.15, 0.2) is 0 Å². The second-order valence-corrected chi connectivity index (χ2v) is 54.2. The largest absolute Gasteiger partial charge is 0.0651 e. The van der Waals surface area contributed by atoms with Crippen LogP contribution in [0.1, 0.15) is 514 Å². The van der Waals surface area contributed by atoms with E-state index in [0.717, 1.165) is 124 Å². The third kappa shape index (κ3) is 31.5. The fourth-order valence-electron chi connectivity index (χ4n) is 30.1. The molecule has 0 heterocycles. The molecule has 110 heavy (non-hydrogen) atoms. The number of hydrogen-bond acceptors (Lipinski definition) is 0. The molecule has 0 aromatic rings. The highest BCUT2D eigenvalue weighted by molar-refractivity contribution is 5.01. The van der Waals surface area contributed by atoms with Crippen LogP contribution < -0.4 is 0 Å². The van der Waals surface area contributed by atoms with Gasteiger partial charge in [0.2, 0.25) is 0 Å². The second-order valence-electron chi connectivity index (χ2n) is 54.2. The summed E-state index contributed by atoms with van der Waals surface area (Å²) in [6.07, 6.45) is 57.3. The molecule has 0 saturated heterocycles. The topological polar surface area (TPSA) is 0 Å². The zero-order valence-corrected chi connectivity index (χ0v) is 83.6. The Bertz CT molecular complexity index is 2450. The Hall–Kier alpha value is 0. The number of fused-ring (bicyclic) bond motifs is 8. The van der Waals surface area contributed by atoms with Crippen molar-refractivity contribution < 1.29 is 0 Å². The van der Waals surface area contributed by atoms with E-state index in [0.29, 0.717) is 65.0 Å². The summed E-state index contributed by atoms with van der Waals surface area (Å²) in [7, 11) is 0. The Morgan fingerprint density at radius 1 is 0.273 bits per heavy atom. The normalized spacial score (nSPS) is 39.2. The SMILES string of the molecule is CC1(C)CC(C)(C)CC(C)(C)C1.CC1C(C)(C)CCCC1(C)C.CC1C2CCC(C2)[C@H]1C.CC1CC(C)(C)CC(C)(C)C1.CC1CCC(C)(C)CC1.CC1CCCC(C)C1C.CCC1CC(C)(C)CC(C)(C)C1.CCC1CC2CCC1C2.C[C@@H]1C2CCC(C2)C1(C)C.C[C@@H]1CCCCC1(C)C.C[C@H]1CC2CCC1(C)C2. The molecule has 0 N–H and O–H groups in total. The highest BCUT2D eigenvalue weighted by atomic mass is 14.6. The molecule has 0 nitrogen and oxygen atoms in total. The summed E-state index contributed by atoms with van der Waals surface area (Å²) < 4.78 is 0. The van der Waals surface area contributed by atoms with E-state index in [1.807, 2.05) is 0 Å². The summed E-state index contributed by atoms with van der Waals surface area (Å²) in [5, 5.41) is 0. The molecule has 15 fully saturated rings. The summed E-state index contributed by atoms with van der Waals surface area (Å²) >= 11 is 0. The number of rotatable bonds is 2. The quantitative estimate of drug-likeness (QED) is 0.259. The van der Waals surface area contributed by atoms with Crippen LogP contribution in [0, 0.1) is 189 Å². The third-order valence-electron chi connectivity index (χ3n) is 37.0. The summed E-state index contributed by atoms with van der Waals surface area (Å²) in [4.78, 5) is 0. The van der Waals surface area contributed by atoms with E-state index in [2.05, 4.69) is 263 Å². The van der Waals surface area contributed by atoms with Gasteiger partial charge in [-0.25, -0.2) is 0 Å². The standard InChI is InChI=1S/2C12H24.2C11H22.C10H18.3C9H16.3C9H18/c1-10(2)7-11(3,4)9-12(5,6)8-10;1-6-10-7-11(2,3)9-12(4,5)8-10;1-9-6-10(2,3)8-11(4,5)7-9;1-9-10(2,3)7-6-8-11(9,4)5;1-7-8-4-5-9(6-8)10(7,2)3;1-7-5-8-3-4-9(7,2)6-8;1-6-7(2)9-4-3-8(6)5-9;1-2-8-5-7-3-4-9(8)6-7;1-8-4-6-9(2,3)7-5-8;1-8-6-4-5-7-9(8,2)3;1-7-5-4-6-8(2)9(7)3/h7-9H2,1-6H3;10H,6-9H2,1-5H3;2*9H,6-8H2,1-5H3;7-9H,4-6H2,1-3H3;7-8H,3-6H2,1-2H3;6-9H,3-5H2,1-2H3;7-9H,2-6H2,1H3;2*8H,4-7H2,1-3H3;7-9H,4-6H2,1-3H3/t;;;;2*7-,8?,9?;6-,7?,8?,9?;;;8-;/m....100..1./s1. The minimum atomic E-state index is 0.547. The molecule has 12 unspecified atom stereocenters. The molecule has 15 aliphatic rings. The average Bonchev–Trinajstić information content (AvgIpc) is 1.33. The van der Waals surface area contributed by atoms with Gasteiger partial charge in [-0.2, -0.15) is 0 Å². The first kappa shape index (κ1) is 101. The van der Waals surface area contributed by atoms with Gasteiger partial charge in [-0.15, -0.1) is 0 Å². The van der Waals surface area contributed by atoms with E-state index in [9.17, 15) is 0 Å². The molecular weight excluding hydrogens is 1320 g/mol. The molecule has 0 aromatic heterocycles. The van der Waals surface area contributed by atoms with Crippen LogP contribution in [0.25, 0.3) is 0 Å². The fraction of sp³-hybridized carbons (Fsp3) is 1.00. The predicted octanol–water partition coefficient (Wildman–Crippen LogP) is 37.2. The molecule has 15 aliphatic carbocycles. The van der Waals surface area contributed by atoms with Gasteiger partial charge >= 0.3 is 0 Å². The van der Waals surface area contributed by atoms with Crippen molar-refractivity contribution in [3.63, 3.8) is 0 Å². The van der Waals surface area contributed by atoms with E-state index in [-0.39, 0.29) is 0 Å². The monoisotopic (exact) mass is 1530 g/mol. The molecule has 0 spiro atoms. The molecule has 0 heteroatoms. The van der Waals surface area contributed by atoms with Crippen molar-refractivity contribution in [3.05, 3.63) is 0 Å². The van der Waals surface area contributed by atoms with Crippen LogP contribution in [0.15, 0.2) is 0 Å². The van der Waals surface area contributed by atoms with Gasteiger partial charge < -0.3 is 0 Å². The van der Waals surface area contributed by atoms with Crippen LogP contribution in [0.4, 0.5) is 0 Å². The first-order chi connectivity index (χ1) is 50.1. The molecule has 16 atom stereocenters. The minimum Gasteiger partial charge on any atom is -0.0651 e. The van der Waals surface area contributed by atoms with Crippen LogP contribution in [0.5, 0.6) is 0 Å². The van der Waals surface area contributed by atoms with Crippen molar-refractivity contribution in [2.45, 2.75) is 514 Å². The van der Waals surface area contributed by atoms with Gasteiger partial charge in [0, 0.05) is 0 Å². The highest BCUT2D eigenvalue weighted by Gasteiger charge is 2.51. The lowest BCUT2D eigenvalue weighted by Gasteiger charge is -2.49. The first-order valence-electron chi connectivity index (χ1n) is 50.1. The molecule has 15 saturated carbocycles. The fourth-order valence-corrected chi connectivity index (χ4v) is 30.1. The molecule has 652 valence electrons. The first-order valence-corrected chi connectivity index (χ1v) is 50.1. The van der Waals surface area contributed by atoms with Gasteiger partial charge in [-0.1, -0.05) is 340 Å². The lowest BCUT2D eigenvalue weighted by atomic mass is 9.56. The Kier molecular flexibility index (Phi) is 37.1. The van der Waals surface area contributed by atoms with E-state index in [4.69, 9.17) is 0 Å². The summed E-state index contributed by atoms with van der Waals surface area (Å²) in [6.45, 7) is 91.6. The highest BCUT2D eigenvalue weighted by Crippen LogP contribution is 2.61. The molecule has 0 aromatic carbocycles. The summed E-state index contributed by atoms with van der Waals surface area (Å²) in [5.41, 5.74) is 7.86. The van der Waals surface area contributed by atoms with Crippen LogP contribution in [-0.2, 0) is 0 Å². The zero-order valence-electron chi connectivity index (χ0n) is 83.6. The Balaban J connectivity index is 0.000000217. The van der Waals surface area contributed by atoms with Crippen LogP contribution in [-0.4, -0.2) is 0 Å². The molecule has 8 bridgehead atoms. The molecule has 0 radical (unpaired) electrons. The molecular formula is C110H212. The van der Waals surface area contributed by atoms with E-state index in [1.54, 1.807) is 32.1 Å². The van der Waals surface area contributed by atoms with Gasteiger partial charge in [0.25, 0.3) is 0 Å². The summed E-state index contributed by atoms with van der Waals surface area (Å²) in [5.74, 6) is 20.7. The van der Waals surface area contributed by atoms with Crippen LogP contribution >= 0.6 is 0 Å². The Morgan fingerprint density at radius 2 is 0.718 bits per heavy atom. The summed E-state index contributed by atoms with van der Waals surface area (Å²) in [6, 6.07) is 0. The maximum Gasteiger partial charge on any atom is -0.0297 e. The van der Waals surface area contributed by atoms with Crippen molar-refractivity contribution in [1.82, 2.24) is 0 Å². The third-order valence-corrected chi connectivity index (χ3v) is 37.0. The second kappa shape index (κ2) is 40.6. The van der Waals surface area contributed by atoms with Crippen molar-refractivity contribution in [2.75, 3.05) is 0 Å². The smallest absolute Gasteiger partial charge is 0.0297 e. The van der Waals surface area contributed by atoms with Crippen molar-refractivity contribution >= 4 is 0 Å². The molecule has 15 rings (SSSR count). The predicted molar refractivity (Wildman–Crippen MR) is 497 cm³/mol. The van der Waals surface area contributed by atoms with Gasteiger partial charge in [0.05, 0.1) is 0 Å². The van der Waals surface area contributed by atoms with Crippen LogP contribution in [0.3, 0.4) is 0 Å². The van der Waals surface area contributed by atoms with Crippen LogP contribution in [0.2, 0.25) is 0 Å². The molecule has 0 aliphatic heterocycles. The maximum atomic E-state index is 2.48. The lowest BCUT2D eigenvalue weighted by Crippen LogP contribution is -2.38. The van der Waals surface area contributed by atoms with E-state index < -0.39 is 0 Å². The maximum absolute atomic E-state index is 2.48. The van der Waals surface area contributed by atoms with E-state index >= 15 is 0 Å². The Labute approximate surface area is 697 Å². The van der Waals surface area contributed by atoms with Crippen molar-refractivity contribution in [1.29, 1.82) is 0 Å². The van der Waals surface area contributed by atoms with Gasteiger partial charge in [-0.05, 0) is 362 Å².